The van der Waals surface area contributed by atoms with Crippen LogP contribution in [0.2, 0.25) is 5.02 Å². The highest BCUT2D eigenvalue weighted by molar-refractivity contribution is 9.10. The summed E-state index contributed by atoms with van der Waals surface area (Å²) in [5.41, 5.74) is 7.80. The Morgan fingerprint density at radius 2 is 1.95 bits per heavy atom. The number of hydrogen-bond donors (Lipinski definition) is 1. The third-order valence-corrected chi connectivity index (χ3v) is 3.56. The molecule has 19 heavy (non-hydrogen) atoms. The summed E-state index contributed by atoms with van der Waals surface area (Å²) in [6, 6.07) is 11.6. The van der Waals surface area contributed by atoms with Crippen molar-refractivity contribution in [3.05, 3.63) is 57.0 Å². The van der Waals surface area contributed by atoms with E-state index in [1.165, 1.54) is 0 Å². The van der Waals surface area contributed by atoms with Crippen molar-refractivity contribution >= 4 is 27.5 Å². The van der Waals surface area contributed by atoms with Gasteiger partial charge in [-0.2, -0.15) is 0 Å². The molecule has 2 nitrogen and oxygen atoms in total. The van der Waals surface area contributed by atoms with Crippen LogP contribution in [0.3, 0.4) is 0 Å². The predicted octanol–water partition coefficient (Wildman–Crippen LogP) is 4.70. The van der Waals surface area contributed by atoms with Crippen LogP contribution < -0.4 is 10.5 Å². The summed E-state index contributed by atoms with van der Waals surface area (Å²) in [5.74, 6) is 1.45. The Labute approximate surface area is 126 Å². The van der Waals surface area contributed by atoms with E-state index in [9.17, 15) is 0 Å². The van der Waals surface area contributed by atoms with E-state index in [1.807, 2.05) is 43.3 Å². The molecule has 0 amide bonds. The first-order valence-electron chi connectivity index (χ1n) is 6.02. The Hall–Kier alpha value is -1.03. The van der Waals surface area contributed by atoms with Gasteiger partial charge in [-0.05, 0) is 55.3 Å². The molecule has 0 aliphatic rings. The molecule has 4 heteroatoms. The number of benzene rings is 2. The van der Waals surface area contributed by atoms with Crippen LogP contribution in [0.4, 0.5) is 0 Å². The zero-order chi connectivity index (χ0) is 13.8. The van der Waals surface area contributed by atoms with E-state index in [0.29, 0.717) is 17.3 Å². The van der Waals surface area contributed by atoms with Gasteiger partial charge >= 0.3 is 0 Å². The number of halogens is 2. The topological polar surface area (TPSA) is 35.2 Å². The monoisotopic (exact) mass is 339 g/mol. The molecule has 2 aromatic carbocycles. The molecule has 2 rings (SSSR count). The van der Waals surface area contributed by atoms with Crippen molar-refractivity contribution in [3.8, 4) is 11.5 Å². The van der Waals surface area contributed by atoms with E-state index in [1.54, 1.807) is 0 Å². The maximum Gasteiger partial charge on any atom is 0.146 e. The fraction of sp³-hybridized carbons (Fsp3) is 0.200. The Morgan fingerprint density at radius 3 is 2.68 bits per heavy atom. The van der Waals surface area contributed by atoms with Gasteiger partial charge in [-0.1, -0.05) is 39.7 Å². The lowest BCUT2D eigenvalue weighted by molar-refractivity contribution is 0.475. The molecule has 0 fully saturated rings. The van der Waals surface area contributed by atoms with Crippen molar-refractivity contribution in [3.63, 3.8) is 0 Å². The molecule has 0 spiro atoms. The Balaban J connectivity index is 2.36. The van der Waals surface area contributed by atoms with Gasteiger partial charge in [0.1, 0.15) is 11.5 Å². The molecule has 0 radical (unpaired) electrons. The summed E-state index contributed by atoms with van der Waals surface area (Å²) in [4.78, 5) is 0. The van der Waals surface area contributed by atoms with Crippen LogP contribution in [0.1, 0.15) is 11.1 Å². The lowest BCUT2D eigenvalue weighted by Gasteiger charge is -2.13. The molecule has 0 bridgehead atoms. The van der Waals surface area contributed by atoms with E-state index >= 15 is 0 Å². The fourth-order valence-corrected chi connectivity index (χ4v) is 2.29. The van der Waals surface area contributed by atoms with Crippen LogP contribution in [0, 0.1) is 6.92 Å². The van der Waals surface area contributed by atoms with Gasteiger partial charge in [0.05, 0.1) is 5.02 Å². The maximum atomic E-state index is 6.15. The average Bonchev–Trinajstić information content (AvgIpc) is 2.37. The second-order valence-corrected chi connectivity index (χ2v) is 5.65. The molecule has 2 N–H and O–H groups in total. The number of hydrogen-bond acceptors (Lipinski definition) is 2. The molecular formula is C15H15BrClNO. The minimum Gasteiger partial charge on any atom is -0.455 e. The summed E-state index contributed by atoms with van der Waals surface area (Å²) in [7, 11) is 0. The second-order valence-electron chi connectivity index (χ2n) is 4.33. The van der Waals surface area contributed by atoms with Gasteiger partial charge in [-0.3, -0.25) is 0 Å². The van der Waals surface area contributed by atoms with Crippen LogP contribution in [0.15, 0.2) is 40.9 Å². The van der Waals surface area contributed by atoms with Crippen LogP contribution in [0.25, 0.3) is 0 Å². The fourth-order valence-electron chi connectivity index (χ4n) is 1.79. The van der Waals surface area contributed by atoms with Crippen molar-refractivity contribution < 1.29 is 4.74 Å². The lowest BCUT2D eigenvalue weighted by Crippen LogP contribution is -2.04. The Kier molecular flexibility index (Phi) is 4.86. The first kappa shape index (κ1) is 14.4. The molecule has 0 heterocycles. The van der Waals surface area contributed by atoms with Gasteiger partial charge in [0.15, 0.2) is 0 Å². The van der Waals surface area contributed by atoms with E-state index in [2.05, 4.69) is 15.9 Å². The average molecular weight is 341 g/mol. The SMILES string of the molecule is Cc1ccc(Cl)c(Oc2cc(Br)ccc2CCN)c1. The van der Waals surface area contributed by atoms with E-state index < -0.39 is 0 Å². The highest BCUT2D eigenvalue weighted by Gasteiger charge is 2.08. The van der Waals surface area contributed by atoms with Crippen molar-refractivity contribution in [2.75, 3.05) is 6.54 Å². The van der Waals surface area contributed by atoms with Gasteiger partial charge in [0, 0.05) is 4.47 Å². The third kappa shape index (κ3) is 3.72. The summed E-state index contributed by atoms with van der Waals surface area (Å²) >= 11 is 9.60. The van der Waals surface area contributed by atoms with Gasteiger partial charge in [0.25, 0.3) is 0 Å². The molecule has 0 saturated heterocycles. The summed E-state index contributed by atoms with van der Waals surface area (Å²) in [6.45, 7) is 2.59. The van der Waals surface area contributed by atoms with E-state index in [4.69, 9.17) is 22.1 Å². The minimum absolute atomic E-state index is 0.583. The molecular weight excluding hydrogens is 326 g/mol. The van der Waals surface area contributed by atoms with Crippen molar-refractivity contribution in [1.82, 2.24) is 0 Å². The molecule has 0 unspecified atom stereocenters. The molecule has 0 aliphatic carbocycles. The summed E-state index contributed by atoms with van der Waals surface area (Å²) < 4.78 is 6.90. The standard InChI is InChI=1S/C15H15BrClNO/c1-10-2-5-13(17)15(8-10)19-14-9-12(16)4-3-11(14)6-7-18/h2-5,8-9H,6-7,18H2,1H3. The summed E-state index contributed by atoms with van der Waals surface area (Å²) in [6.07, 6.45) is 0.770. The molecule has 2 aromatic rings. The first-order chi connectivity index (χ1) is 9.10. The quantitative estimate of drug-likeness (QED) is 0.875. The minimum atomic E-state index is 0.583. The maximum absolute atomic E-state index is 6.15. The Bertz CT molecular complexity index is 586. The van der Waals surface area contributed by atoms with Gasteiger partial charge < -0.3 is 10.5 Å². The smallest absolute Gasteiger partial charge is 0.146 e. The van der Waals surface area contributed by atoms with Gasteiger partial charge in [0.2, 0.25) is 0 Å². The van der Waals surface area contributed by atoms with Crippen molar-refractivity contribution in [1.29, 1.82) is 0 Å². The first-order valence-corrected chi connectivity index (χ1v) is 7.20. The number of aryl methyl sites for hydroxylation is 1. The predicted molar refractivity (Wildman–Crippen MR) is 83.2 cm³/mol. The number of ether oxygens (including phenoxy) is 1. The van der Waals surface area contributed by atoms with Crippen LogP contribution >= 0.6 is 27.5 Å². The van der Waals surface area contributed by atoms with Crippen LogP contribution in [-0.2, 0) is 6.42 Å². The van der Waals surface area contributed by atoms with E-state index in [-0.39, 0.29) is 0 Å². The molecule has 0 aromatic heterocycles. The molecule has 0 saturated carbocycles. The largest absolute Gasteiger partial charge is 0.455 e. The number of nitrogens with two attached hydrogens (primary N) is 1. The lowest BCUT2D eigenvalue weighted by atomic mass is 10.1. The Morgan fingerprint density at radius 1 is 1.16 bits per heavy atom. The van der Waals surface area contributed by atoms with Crippen molar-refractivity contribution in [2.24, 2.45) is 5.73 Å². The van der Waals surface area contributed by atoms with E-state index in [0.717, 1.165) is 27.8 Å². The summed E-state index contributed by atoms with van der Waals surface area (Å²) in [5, 5.41) is 0.601. The highest BCUT2D eigenvalue weighted by atomic mass is 79.9. The zero-order valence-corrected chi connectivity index (χ0v) is 13.0. The van der Waals surface area contributed by atoms with Crippen LogP contribution in [0.5, 0.6) is 11.5 Å². The molecule has 0 atom stereocenters. The van der Waals surface area contributed by atoms with Crippen molar-refractivity contribution in [2.45, 2.75) is 13.3 Å². The molecule has 100 valence electrons. The number of rotatable bonds is 4. The van der Waals surface area contributed by atoms with Crippen LogP contribution in [-0.4, -0.2) is 6.54 Å². The second kappa shape index (κ2) is 6.42. The molecule has 0 aliphatic heterocycles. The zero-order valence-electron chi connectivity index (χ0n) is 10.6. The van der Waals surface area contributed by atoms with Gasteiger partial charge in [-0.25, -0.2) is 0 Å². The third-order valence-electron chi connectivity index (χ3n) is 2.75. The normalized spacial score (nSPS) is 10.5. The highest BCUT2D eigenvalue weighted by Crippen LogP contribution is 2.33. The van der Waals surface area contributed by atoms with Gasteiger partial charge in [-0.15, -0.1) is 0 Å².